The van der Waals surface area contributed by atoms with Crippen molar-refractivity contribution in [2.24, 2.45) is 0 Å². The molecule has 142 valence electrons. The predicted molar refractivity (Wildman–Crippen MR) is 100 cm³/mol. The molecule has 1 amide bonds. The number of benzene rings is 2. The zero-order chi connectivity index (χ0) is 19.2. The zero-order valence-electron chi connectivity index (χ0n) is 15.3. The van der Waals surface area contributed by atoms with Crippen LogP contribution < -0.4 is 9.47 Å². The summed E-state index contributed by atoms with van der Waals surface area (Å²) < 4.78 is 10.8. The molecule has 2 aromatic rings. The Labute approximate surface area is 158 Å². The van der Waals surface area contributed by atoms with Gasteiger partial charge in [0.2, 0.25) is 0 Å². The van der Waals surface area contributed by atoms with Crippen LogP contribution in [-0.2, 0) is 4.79 Å². The van der Waals surface area contributed by atoms with Crippen LogP contribution in [0.5, 0.6) is 11.5 Å². The smallest absolute Gasteiger partial charge is 0.341 e. The maximum atomic E-state index is 12.9. The van der Waals surface area contributed by atoms with E-state index in [1.807, 2.05) is 30.0 Å². The molecule has 1 N–H and O–H groups in total. The van der Waals surface area contributed by atoms with Crippen molar-refractivity contribution in [1.29, 1.82) is 0 Å². The summed E-state index contributed by atoms with van der Waals surface area (Å²) in [6.45, 7) is 3.14. The van der Waals surface area contributed by atoms with E-state index in [-0.39, 0.29) is 5.91 Å². The molecule has 6 heteroatoms. The topological polar surface area (TPSA) is 76.1 Å². The second-order valence-corrected chi connectivity index (χ2v) is 6.42. The van der Waals surface area contributed by atoms with Crippen LogP contribution in [0.2, 0.25) is 0 Å². The van der Waals surface area contributed by atoms with Crippen LogP contribution in [0.1, 0.15) is 35.2 Å². The van der Waals surface area contributed by atoms with Crippen LogP contribution in [-0.4, -0.2) is 48.2 Å². The van der Waals surface area contributed by atoms with E-state index in [0.717, 1.165) is 6.42 Å². The minimum Gasteiger partial charge on any atom is -0.490 e. The van der Waals surface area contributed by atoms with Gasteiger partial charge in [0.1, 0.15) is 0 Å². The van der Waals surface area contributed by atoms with E-state index in [0.29, 0.717) is 42.7 Å². The van der Waals surface area contributed by atoms with Crippen molar-refractivity contribution in [3.05, 3.63) is 59.7 Å². The van der Waals surface area contributed by atoms with Crippen LogP contribution in [0.3, 0.4) is 0 Å². The van der Waals surface area contributed by atoms with E-state index >= 15 is 0 Å². The Morgan fingerprint density at radius 2 is 1.89 bits per heavy atom. The van der Waals surface area contributed by atoms with Gasteiger partial charge >= 0.3 is 5.97 Å². The van der Waals surface area contributed by atoms with E-state index < -0.39 is 12.6 Å². The number of carbonyl (C=O) groups excluding carboxylic acids is 1. The largest absolute Gasteiger partial charge is 0.490 e. The Morgan fingerprint density at radius 1 is 1.11 bits per heavy atom. The van der Waals surface area contributed by atoms with Gasteiger partial charge in [0.15, 0.2) is 18.1 Å². The molecule has 6 nitrogen and oxygen atoms in total. The fourth-order valence-corrected chi connectivity index (χ4v) is 3.29. The van der Waals surface area contributed by atoms with E-state index in [1.165, 1.54) is 5.56 Å². The Kier molecular flexibility index (Phi) is 5.96. The summed E-state index contributed by atoms with van der Waals surface area (Å²) in [5.74, 6) is -0.0803. The summed E-state index contributed by atoms with van der Waals surface area (Å²) in [5.41, 5.74) is 1.76. The minimum absolute atomic E-state index is 0.0563. The molecular weight excluding hydrogens is 346 g/mol. The average molecular weight is 369 g/mol. The van der Waals surface area contributed by atoms with Crippen molar-refractivity contribution in [3.63, 3.8) is 0 Å². The summed E-state index contributed by atoms with van der Waals surface area (Å²) in [4.78, 5) is 25.5. The van der Waals surface area contributed by atoms with Crippen molar-refractivity contribution in [1.82, 2.24) is 4.90 Å². The van der Waals surface area contributed by atoms with Crippen molar-refractivity contribution in [2.75, 3.05) is 26.3 Å². The molecule has 1 aliphatic rings. The number of aliphatic carboxylic acids is 1. The minimum atomic E-state index is -1.07. The van der Waals surface area contributed by atoms with Crippen molar-refractivity contribution >= 4 is 11.9 Å². The highest BCUT2D eigenvalue weighted by molar-refractivity contribution is 5.95. The first-order valence-electron chi connectivity index (χ1n) is 9.04. The number of likely N-dealkylation sites (tertiary alicyclic amines) is 1. The van der Waals surface area contributed by atoms with Gasteiger partial charge in [-0.15, -0.1) is 0 Å². The van der Waals surface area contributed by atoms with Crippen LogP contribution in [0.4, 0.5) is 0 Å². The third-order valence-corrected chi connectivity index (χ3v) is 4.59. The van der Waals surface area contributed by atoms with Gasteiger partial charge in [-0.3, -0.25) is 4.79 Å². The summed E-state index contributed by atoms with van der Waals surface area (Å²) in [5, 5.41) is 8.77. The fourth-order valence-electron chi connectivity index (χ4n) is 3.29. The predicted octanol–water partition coefficient (Wildman–Crippen LogP) is 3.18. The zero-order valence-corrected chi connectivity index (χ0v) is 15.3. The normalized spacial score (nSPS) is 16.2. The van der Waals surface area contributed by atoms with E-state index in [9.17, 15) is 9.59 Å². The second-order valence-electron chi connectivity index (χ2n) is 6.42. The summed E-state index contributed by atoms with van der Waals surface area (Å²) >= 11 is 0. The Balaban J connectivity index is 1.72. The highest BCUT2D eigenvalue weighted by Crippen LogP contribution is 2.31. The van der Waals surface area contributed by atoms with Gasteiger partial charge in [0.05, 0.1) is 6.61 Å². The highest BCUT2D eigenvalue weighted by atomic mass is 16.5. The van der Waals surface area contributed by atoms with Gasteiger partial charge in [-0.05, 0) is 37.1 Å². The molecule has 0 saturated carbocycles. The summed E-state index contributed by atoms with van der Waals surface area (Å²) in [7, 11) is 0. The maximum Gasteiger partial charge on any atom is 0.341 e. The van der Waals surface area contributed by atoms with E-state index in [2.05, 4.69) is 12.1 Å². The van der Waals surface area contributed by atoms with Gasteiger partial charge in [-0.25, -0.2) is 4.79 Å². The van der Waals surface area contributed by atoms with Crippen molar-refractivity contribution in [2.45, 2.75) is 19.3 Å². The monoisotopic (exact) mass is 369 g/mol. The quantitative estimate of drug-likeness (QED) is 0.811. The van der Waals surface area contributed by atoms with Gasteiger partial charge in [0, 0.05) is 24.6 Å². The molecule has 0 bridgehead atoms. The standard InChI is InChI=1S/C21H23NO5/c1-2-26-19-12-16(8-9-18(19)27-14-20(23)24)21(25)22-11-10-17(13-22)15-6-4-3-5-7-15/h3-9,12,17H,2,10-11,13-14H2,1H3,(H,23,24)/t17-/m0/s1. The van der Waals surface area contributed by atoms with Crippen molar-refractivity contribution in [3.8, 4) is 11.5 Å². The molecule has 0 aromatic heterocycles. The molecule has 2 aromatic carbocycles. The summed E-state index contributed by atoms with van der Waals surface area (Å²) in [6.07, 6.45) is 0.938. The lowest BCUT2D eigenvalue weighted by Gasteiger charge is -2.18. The third-order valence-electron chi connectivity index (χ3n) is 4.59. The number of carboxylic acid groups (broad SMARTS) is 1. The first kappa shape index (κ1) is 18.8. The third kappa shape index (κ3) is 4.58. The lowest BCUT2D eigenvalue weighted by atomic mass is 9.99. The van der Waals surface area contributed by atoms with Crippen molar-refractivity contribution < 1.29 is 24.2 Å². The molecule has 1 atom stereocenters. The Morgan fingerprint density at radius 3 is 2.59 bits per heavy atom. The number of amides is 1. The van der Waals surface area contributed by atoms with Crippen LogP contribution >= 0.6 is 0 Å². The lowest BCUT2D eigenvalue weighted by Crippen LogP contribution is -2.28. The Bertz CT molecular complexity index is 805. The summed E-state index contributed by atoms with van der Waals surface area (Å²) in [6, 6.07) is 15.1. The van der Waals surface area contributed by atoms with Crippen LogP contribution in [0, 0.1) is 0 Å². The number of nitrogens with zero attached hydrogens (tertiary/aromatic N) is 1. The second kappa shape index (κ2) is 8.58. The van der Waals surface area contributed by atoms with Crippen LogP contribution in [0.15, 0.2) is 48.5 Å². The molecule has 0 spiro atoms. The number of carbonyl (C=O) groups is 2. The lowest BCUT2D eigenvalue weighted by molar-refractivity contribution is -0.139. The molecule has 3 rings (SSSR count). The van der Waals surface area contributed by atoms with E-state index in [1.54, 1.807) is 18.2 Å². The molecule has 0 radical (unpaired) electrons. The maximum absolute atomic E-state index is 12.9. The fraction of sp³-hybridized carbons (Fsp3) is 0.333. The van der Waals surface area contributed by atoms with Gasteiger partial charge in [0.25, 0.3) is 5.91 Å². The number of rotatable bonds is 7. The number of hydrogen-bond donors (Lipinski definition) is 1. The van der Waals surface area contributed by atoms with Gasteiger partial charge in [-0.2, -0.15) is 0 Å². The van der Waals surface area contributed by atoms with Crippen LogP contribution in [0.25, 0.3) is 0 Å². The molecular formula is C21H23NO5. The Hall–Kier alpha value is -3.02. The highest BCUT2D eigenvalue weighted by Gasteiger charge is 2.28. The number of ether oxygens (including phenoxy) is 2. The first-order chi connectivity index (χ1) is 13.1. The van der Waals surface area contributed by atoms with Gasteiger partial charge in [-0.1, -0.05) is 30.3 Å². The molecule has 1 heterocycles. The number of hydrogen-bond acceptors (Lipinski definition) is 4. The van der Waals surface area contributed by atoms with E-state index in [4.69, 9.17) is 14.6 Å². The molecule has 1 aliphatic heterocycles. The number of carboxylic acids is 1. The molecule has 1 saturated heterocycles. The molecule has 1 fully saturated rings. The SMILES string of the molecule is CCOc1cc(C(=O)N2CC[C@H](c3ccccc3)C2)ccc1OCC(=O)O. The molecule has 0 aliphatic carbocycles. The first-order valence-corrected chi connectivity index (χ1v) is 9.04. The van der Waals surface area contributed by atoms with Gasteiger partial charge < -0.3 is 19.5 Å². The molecule has 0 unspecified atom stereocenters. The average Bonchev–Trinajstić information content (AvgIpc) is 3.17. The molecule has 27 heavy (non-hydrogen) atoms.